The third-order valence-corrected chi connectivity index (χ3v) is 2.69. The minimum atomic E-state index is 0.374. The van der Waals surface area contributed by atoms with E-state index in [9.17, 15) is 0 Å². The van der Waals surface area contributed by atoms with E-state index in [1.165, 1.54) is 0 Å². The molecule has 0 radical (unpaired) electrons. The summed E-state index contributed by atoms with van der Waals surface area (Å²) in [6, 6.07) is 3.66. The lowest BCUT2D eigenvalue weighted by Gasteiger charge is -1.95. The zero-order chi connectivity index (χ0) is 13.2. The third kappa shape index (κ3) is 2.25. The first-order valence-electron chi connectivity index (χ1n) is 5.77. The van der Waals surface area contributed by atoms with Crippen LogP contribution in [-0.2, 0) is 13.1 Å². The molecule has 8 heteroatoms. The number of pyridine rings is 1. The van der Waals surface area contributed by atoms with Gasteiger partial charge >= 0.3 is 0 Å². The zero-order valence-electron chi connectivity index (χ0n) is 10.4. The molecule has 3 rings (SSSR count). The fraction of sp³-hybridized carbons (Fsp3) is 0.273. The van der Waals surface area contributed by atoms with Gasteiger partial charge in [0.2, 0.25) is 5.88 Å². The number of methoxy groups -OCH3 is 1. The van der Waals surface area contributed by atoms with E-state index >= 15 is 0 Å². The van der Waals surface area contributed by atoms with Crippen LogP contribution in [0.15, 0.2) is 18.3 Å². The predicted octanol–water partition coefficient (Wildman–Crippen LogP) is 0.0650. The Morgan fingerprint density at radius 3 is 3.00 bits per heavy atom. The van der Waals surface area contributed by atoms with E-state index < -0.39 is 0 Å². The summed E-state index contributed by atoms with van der Waals surface area (Å²) in [7, 11) is 1.57. The Labute approximate surface area is 108 Å². The SMILES string of the molecule is COc1ccc2[nH]c(Cn3cc(CN)nn3)nc2n1. The number of rotatable bonds is 4. The van der Waals surface area contributed by atoms with Crippen LogP contribution in [0.5, 0.6) is 5.88 Å². The lowest BCUT2D eigenvalue weighted by molar-refractivity contribution is 0.399. The fourth-order valence-electron chi connectivity index (χ4n) is 1.78. The van der Waals surface area contributed by atoms with Crippen molar-refractivity contribution >= 4 is 11.2 Å². The van der Waals surface area contributed by atoms with Crippen molar-refractivity contribution in [3.8, 4) is 5.88 Å². The first-order chi connectivity index (χ1) is 9.28. The molecule has 0 bridgehead atoms. The first kappa shape index (κ1) is 11.6. The fourth-order valence-corrected chi connectivity index (χ4v) is 1.78. The van der Waals surface area contributed by atoms with Crippen LogP contribution in [0.3, 0.4) is 0 Å². The number of aromatic nitrogens is 6. The van der Waals surface area contributed by atoms with Gasteiger partial charge in [-0.25, -0.2) is 9.67 Å². The van der Waals surface area contributed by atoms with Crippen LogP contribution in [-0.4, -0.2) is 37.1 Å². The van der Waals surface area contributed by atoms with Crippen LogP contribution >= 0.6 is 0 Å². The number of H-pyrrole nitrogens is 1. The van der Waals surface area contributed by atoms with Gasteiger partial charge in [-0.05, 0) is 6.07 Å². The quantitative estimate of drug-likeness (QED) is 0.686. The molecule has 3 aromatic heterocycles. The Hall–Kier alpha value is -2.48. The maximum absolute atomic E-state index is 5.49. The van der Waals surface area contributed by atoms with Crippen molar-refractivity contribution in [2.45, 2.75) is 13.1 Å². The molecule has 3 N–H and O–H groups in total. The van der Waals surface area contributed by atoms with E-state index in [2.05, 4.69) is 25.3 Å². The van der Waals surface area contributed by atoms with Crippen molar-refractivity contribution in [3.63, 3.8) is 0 Å². The van der Waals surface area contributed by atoms with Crippen molar-refractivity contribution in [2.24, 2.45) is 5.73 Å². The topological polar surface area (TPSA) is 108 Å². The summed E-state index contributed by atoms with van der Waals surface area (Å²) >= 11 is 0. The van der Waals surface area contributed by atoms with Crippen LogP contribution in [0, 0.1) is 0 Å². The third-order valence-electron chi connectivity index (χ3n) is 2.69. The molecule has 0 unspecified atom stereocenters. The van der Waals surface area contributed by atoms with Crippen LogP contribution in [0.2, 0.25) is 0 Å². The van der Waals surface area contributed by atoms with Gasteiger partial charge in [-0.3, -0.25) is 0 Å². The molecule has 0 aromatic carbocycles. The van der Waals surface area contributed by atoms with E-state index in [-0.39, 0.29) is 0 Å². The first-order valence-corrected chi connectivity index (χ1v) is 5.77. The highest BCUT2D eigenvalue weighted by atomic mass is 16.5. The van der Waals surface area contributed by atoms with Crippen LogP contribution in [0.4, 0.5) is 0 Å². The number of fused-ring (bicyclic) bond motifs is 1. The summed E-state index contributed by atoms with van der Waals surface area (Å²) in [6.45, 7) is 0.866. The van der Waals surface area contributed by atoms with Gasteiger partial charge in [-0.15, -0.1) is 5.10 Å². The number of imidazole rings is 1. The molecule has 0 spiro atoms. The minimum Gasteiger partial charge on any atom is -0.481 e. The van der Waals surface area contributed by atoms with Gasteiger partial charge < -0.3 is 15.5 Å². The van der Waals surface area contributed by atoms with E-state index in [4.69, 9.17) is 10.5 Å². The highest BCUT2D eigenvalue weighted by Gasteiger charge is 2.07. The maximum atomic E-state index is 5.49. The largest absolute Gasteiger partial charge is 0.481 e. The van der Waals surface area contributed by atoms with Crippen LogP contribution in [0.25, 0.3) is 11.2 Å². The standard InChI is InChI=1S/C11H13N7O/c1-19-10-3-2-8-11(15-10)14-9(13-8)6-18-5-7(4-12)16-17-18/h2-3,5H,4,6,12H2,1H3,(H,13,14,15). The Bertz CT molecular complexity index is 702. The molecule has 0 aliphatic carbocycles. The van der Waals surface area contributed by atoms with E-state index in [0.717, 1.165) is 17.0 Å². The molecule has 0 aliphatic heterocycles. The number of hydrogen-bond acceptors (Lipinski definition) is 6. The molecule has 0 fully saturated rings. The Kier molecular flexibility index (Phi) is 2.84. The molecule has 3 aromatic rings. The maximum Gasteiger partial charge on any atom is 0.215 e. The number of nitrogens with one attached hydrogen (secondary N) is 1. The Morgan fingerprint density at radius 2 is 2.26 bits per heavy atom. The Morgan fingerprint density at radius 1 is 1.37 bits per heavy atom. The van der Waals surface area contributed by atoms with Crippen LogP contribution in [0.1, 0.15) is 11.5 Å². The number of ether oxygens (including phenoxy) is 1. The van der Waals surface area contributed by atoms with E-state index in [1.807, 2.05) is 6.07 Å². The summed E-state index contributed by atoms with van der Waals surface area (Å²) in [5.41, 5.74) is 7.71. The summed E-state index contributed by atoms with van der Waals surface area (Å²) in [6.07, 6.45) is 1.79. The van der Waals surface area contributed by atoms with Crippen molar-refractivity contribution in [1.29, 1.82) is 0 Å². The van der Waals surface area contributed by atoms with Crippen LogP contribution < -0.4 is 10.5 Å². The molecule has 8 nitrogen and oxygen atoms in total. The predicted molar refractivity (Wildman–Crippen MR) is 67.5 cm³/mol. The Balaban J connectivity index is 1.88. The van der Waals surface area contributed by atoms with E-state index in [0.29, 0.717) is 24.6 Å². The smallest absolute Gasteiger partial charge is 0.215 e. The van der Waals surface area contributed by atoms with Gasteiger partial charge in [-0.2, -0.15) is 4.98 Å². The van der Waals surface area contributed by atoms with Crippen molar-refractivity contribution in [2.75, 3.05) is 7.11 Å². The minimum absolute atomic E-state index is 0.374. The highest BCUT2D eigenvalue weighted by molar-refractivity contribution is 5.71. The second-order valence-corrected chi connectivity index (χ2v) is 4.02. The molecule has 3 heterocycles. The highest BCUT2D eigenvalue weighted by Crippen LogP contribution is 2.14. The molecule has 0 saturated heterocycles. The summed E-state index contributed by atoms with van der Waals surface area (Å²) in [4.78, 5) is 11.8. The summed E-state index contributed by atoms with van der Waals surface area (Å²) in [5, 5.41) is 7.89. The van der Waals surface area contributed by atoms with Crippen molar-refractivity contribution < 1.29 is 4.74 Å². The molecular weight excluding hydrogens is 246 g/mol. The average Bonchev–Trinajstić information content (AvgIpc) is 3.03. The van der Waals surface area contributed by atoms with Gasteiger partial charge in [0.05, 0.1) is 24.5 Å². The van der Waals surface area contributed by atoms with Gasteiger partial charge in [0, 0.05) is 12.6 Å². The lowest BCUT2D eigenvalue weighted by atomic mass is 10.4. The lowest BCUT2D eigenvalue weighted by Crippen LogP contribution is -2.02. The molecule has 0 saturated carbocycles. The number of nitrogens with zero attached hydrogens (tertiary/aromatic N) is 5. The summed E-state index contributed by atoms with van der Waals surface area (Å²) < 4.78 is 6.74. The normalized spacial score (nSPS) is 11.1. The van der Waals surface area contributed by atoms with Crippen molar-refractivity contribution in [1.82, 2.24) is 29.9 Å². The van der Waals surface area contributed by atoms with Gasteiger partial charge in [-0.1, -0.05) is 5.21 Å². The molecule has 0 atom stereocenters. The van der Waals surface area contributed by atoms with Gasteiger partial charge in [0.25, 0.3) is 0 Å². The van der Waals surface area contributed by atoms with E-state index in [1.54, 1.807) is 24.1 Å². The average molecular weight is 259 g/mol. The number of aromatic amines is 1. The molecular formula is C11H13N7O. The molecule has 0 amide bonds. The second-order valence-electron chi connectivity index (χ2n) is 4.02. The number of nitrogens with two attached hydrogens (primary N) is 1. The summed E-state index contributed by atoms with van der Waals surface area (Å²) in [5.74, 6) is 1.29. The van der Waals surface area contributed by atoms with Crippen molar-refractivity contribution in [3.05, 3.63) is 29.8 Å². The second kappa shape index (κ2) is 4.65. The van der Waals surface area contributed by atoms with Gasteiger partial charge in [0.15, 0.2) is 5.65 Å². The molecule has 0 aliphatic rings. The van der Waals surface area contributed by atoms with Gasteiger partial charge in [0.1, 0.15) is 12.4 Å². The monoisotopic (exact) mass is 259 g/mol. The number of hydrogen-bond donors (Lipinski definition) is 2. The molecule has 19 heavy (non-hydrogen) atoms. The zero-order valence-corrected chi connectivity index (χ0v) is 10.4. The molecule has 98 valence electrons.